The Morgan fingerprint density at radius 2 is 0.823 bits per heavy atom. The topological polar surface area (TPSA) is 11.4 Å². The smallest absolute Gasteiger partial charge is 0.252 e. The van der Waals surface area contributed by atoms with E-state index >= 15 is 0 Å². The molecule has 2 atom stereocenters. The molecule has 2 aliphatic carbocycles. The molecule has 0 spiro atoms. The fraction of sp³-hybridized carbons (Fsp3) is 0.147. The lowest BCUT2D eigenvalue weighted by Crippen LogP contribution is -2.61. The van der Waals surface area contributed by atoms with Crippen LogP contribution >= 0.6 is 0 Å². The van der Waals surface area contributed by atoms with Crippen molar-refractivity contribution in [2.24, 2.45) is 11.8 Å². The van der Waals surface area contributed by atoms with Gasteiger partial charge in [0.05, 0.1) is 16.7 Å². The van der Waals surface area contributed by atoms with Gasteiger partial charge in [-0.2, -0.15) is 0 Å². The Labute approximate surface area is 465 Å². The number of fused-ring (bicyclic) bond motifs is 8. The Morgan fingerprint density at radius 3 is 1.29 bits per heavy atom. The Bertz CT molecular complexity index is 4220. The molecule has 0 bridgehead atoms. The monoisotopic (exact) mass is 1020 g/mol. The van der Waals surface area contributed by atoms with Crippen molar-refractivity contribution in [3.63, 3.8) is 0 Å². The summed E-state index contributed by atoms with van der Waals surface area (Å²) in [6, 6.07) is 85.3. The van der Waals surface area contributed by atoms with Crippen molar-refractivity contribution < 1.29 is 0 Å². The molecule has 11 aromatic rings. The molecule has 0 radical (unpaired) electrons. The van der Waals surface area contributed by atoms with Crippen molar-refractivity contribution in [1.29, 1.82) is 0 Å². The van der Waals surface area contributed by atoms with Crippen LogP contribution in [-0.2, 0) is 10.8 Å². The molecule has 4 aliphatic rings. The van der Waals surface area contributed by atoms with Gasteiger partial charge in [-0.15, -0.1) is 0 Å². The van der Waals surface area contributed by atoms with Crippen LogP contribution in [0.25, 0.3) is 66.4 Å². The van der Waals surface area contributed by atoms with E-state index in [1.807, 2.05) is 0 Å². The van der Waals surface area contributed by atoms with Gasteiger partial charge in [-0.05, 0) is 174 Å². The van der Waals surface area contributed by atoms with Crippen molar-refractivity contribution in [2.45, 2.75) is 58.8 Å². The number of aromatic nitrogens is 1. The van der Waals surface area contributed by atoms with E-state index in [1.165, 1.54) is 123 Å². The third-order valence-electron chi connectivity index (χ3n) is 17.6. The van der Waals surface area contributed by atoms with E-state index in [1.54, 1.807) is 0 Å². The third kappa shape index (κ3) is 7.86. The molecule has 79 heavy (non-hydrogen) atoms. The van der Waals surface area contributed by atoms with E-state index in [4.69, 9.17) is 0 Å². The Balaban J connectivity index is 1.05. The summed E-state index contributed by atoms with van der Waals surface area (Å²) >= 11 is 0. The number of rotatable bonds is 7. The Hall–Kier alpha value is -8.86. The minimum Gasteiger partial charge on any atom is -0.311 e. The average molecular weight is 1020 g/mol. The minimum absolute atomic E-state index is 0.0199. The third-order valence-corrected chi connectivity index (χ3v) is 17.6. The van der Waals surface area contributed by atoms with Gasteiger partial charge >= 0.3 is 0 Å². The van der Waals surface area contributed by atoms with Gasteiger partial charge in [0.1, 0.15) is 0 Å². The second-order valence-corrected chi connectivity index (χ2v) is 24.6. The maximum absolute atomic E-state index is 2.59. The SMILES string of the molecule is CC(C)(C)c1ccc2c(c1)c1cc(C(C)(C)C)ccc1n2-c1cc2c3c(c1)N(c1ccc(-c4ccccc4)cc1)c1ccc(-c4ccccc4)cc1B3c1cc(-c3ccccc3)ccc1N2c1ccc(C2=CC=CC3CC23)cc1. The van der Waals surface area contributed by atoms with E-state index in [2.05, 4.69) is 299 Å². The molecule has 1 fully saturated rings. The first-order valence-corrected chi connectivity index (χ1v) is 28.3. The van der Waals surface area contributed by atoms with Crippen LogP contribution in [0.3, 0.4) is 0 Å². The van der Waals surface area contributed by atoms with E-state index in [9.17, 15) is 0 Å². The molecular formula is C75H62BN3. The summed E-state index contributed by atoms with van der Waals surface area (Å²) in [7, 11) is 0. The highest BCUT2D eigenvalue weighted by Gasteiger charge is 2.45. The molecule has 0 amide bonds. The number of benzene rings is 10. The van der Waals surface area contributed by atoms with Gasteiger partial charge in [-0.25, -0.2) is 0 Å². The van der Waals surface area contributed by atoms with Crippen LogP contribution in [0.1, 0.15) is 64.7 Å². The van der Waals surface area contributed by atoms with Crippen molar-refractivity contribution in [2.75, 3.05) is 9.80 Å². The highest BCUT2D eigenvalue weighted by Crippen LogP contribution is 2.52. The lowest BCUT2D eigenvalue weighted by molar-refractivity contribution is 0.590. The van der Waals surface area contributed by atoms with Gasteiger partial charge in [-0.1, -0.05) is 211 Å². The lowest BCUT2D eigenvalue weighted by Gasteiger charge is -2.44. The van der Waals surface area contributed by atoms with Crippen LogP contribution in [0.5, 0.6) is 0 Å². The van der Waals surface area contributed by atoms with E-state index in [0.717, 1.165) is 17.1 Å². The van der Waals surface area contributed by atoms with Crippen molar-refractivity contribution in [1.82, 2.24) is 4.57 Å². The second-order valence-electron chi connectivity index (χ2n) is 24.6. The summed E-state index contributed by atoms with van der Waals surface area (Å²) in [6.45, 7) is 13.9. The molecular weight excluding hydrogens is 954 g/mol. The number of hydrogen-bond donors (Lipinski definition) is 0. The van der Waals surface area contributed by atoms with Crippen molar-refractivity contribution in [3.8, 4) is 39.1 Å². The summed E-state index contributed by atoms with van der Waals surface area (Å²) in [5.41, 5.74) is 27.0. The average Bonchev–Trinajstić information content (AvgIpc) is 3.04. The molecule has 3 heterocycles. The molecule has 4 heteroatoms. The Kier molecular flexibility index (Phi) is 10.7. The van der Waals surface area contributed by atoms with Gasteiger partial charge in [-0.3, -0.25) is 0 Å². The first-order valence-electron chi connectivity index (χ1n) is 28.3. The van der Waals surface area contributed by atoms with Crippen molar-refractivity contribution >= 4 is 84.6 Å². The van der Waals surface area contributed by atoms with E-state index < -0.39 is 0 Å². The van der Waals surface area contributed by atoms with Gasteiger partial charge in [0.25, 0.3) is 6.71 Å². The predicted molar refractivity (Wildman–Crippen MR) is 337 cm³/mol. The van der Waals surface area contributed by atoms with Crippen LogP contribution in [0.15, 0.2) is 243 Å². The molecule has 1 aromatic heterocycles. The zero-order chi connectivity index (χ0) is 53.3. The van der Waals surface area contributed by atoms with Gasteiger partial charge in [0.2, 0.25) is 0 Å². The first-order chi connectivity index (χ1) is 38.4. The summed E-state index contributed by atoms with van der Waals surface area (Å²) in [6.07, 6.45) is 8.24. The summed E-state index contributed by atoms with van der Waals surface area (Å²) in [5, 5.41) is 2.56. The summed E-state index contributed by atoms with van der Waals surface area (Å²) in [5.74, 6) is 1.29. The maximum atomic E-state index is 2.59. The van der Waals surface area contributed by atoms with Crippen LogP contribution in [0.4, 0.5) is 34.1 Å². The Morgan fingerprint density at radius 1 is 0.392 bits per heavy atom. The summed E-state index contributed by atoms with van der Waals surface area (Å²) in [4.78, 5) is 5.16. The van der Waals surface area contributed by atoms with Crippen molar-refractivity contribution in [3.05, 3.63) is 259 Å². The first kappa shape index (κ1) is 47.4. The number of hydrogen-bond acceptors (Lipinski definition) is 2. The molecule has 3 nitrogen and oxygen atoms in total. The predicted octanol–water partition coefficient (Wildman–Crippen LogP) is 18.1. The zero-order valence-electron chi connectivity index (χ0n) is 45.9. The molecule has 380 valence electrons. The number of anilines is 6. The number of nitrogens with zero attached hydrogens (tertiary/aromatic N) is 3. The van der Waals surface area contributed by atoms with Crippen LogP contribution in [-0.4, -0.2) is 11.3 Å². The standard InChI is InChI=1S/C75H62BN3/c1-74(2,3)56-31-39-67-63(44-56)64-45-57(75(4,5)6)32-40-68(64)79(67)60-46-71-73-72(47-60)78(59-35-27-52(28-36-59)61-24-16-23-55-41-62(55)61)70-38-30-54(50-21-14-9-15-22-50)43-66(70)76(73)65-42-53(49-19-12-8-13-20-49)29-37-69(65)77(71)58-33-25-51(26-34-58)48-17-10-7-11-18-48/h7-40,42-47,55,62H,41H2,1-6H3. The fourth-order valence-electron chi connectivity index (χ4n) is 13.3. The highest BCUT2D eigenvalue weighted by molar-refractivity contribution is 7.00. The van der Waals surface area contributed by atoms with Crippen LogP contribution in [0, 0.1) is 11.8 Å². The lowest BCUT2D eigenvalue weighted by atomic mass is 9.33. The molecule has 15 rings (SSSR count). The fourth-order valence-corrected chi connectivity index (χ4v) is 13.3. The normalized spacial score (nSPS) is 16.1. The quantitative estimate of drug-likeness (QED) is 0.147. The molecule has 10 aromatic carbocycles. The van der Waals surface area contributed by atoms with E-state index in [-0.39, 0.29) is 17.5 Å². The summed E-state index contributed by atoms with van der Waals surface area (Å²) < 4.78 is 2.56. The highest BCUT2D eigenvalue weighted by atomic mass is 15.2. The zero-order valence-corrected chi connectivity index (χ0v) is 45.9. The van der Waals surface area contributed by atoms with Gasteiger partial charge in [0.15, 0.2) is 0 Å². The molecule has 0 saturated heterocycles. The van der Waals surface area contributed by atoms with Crippen LogP contribution < -0.4 is 26.2 Å². The maximum Gasteiger partial charge on any atom is 0.252 e. The second kappa shape index (κ2) is 17.8. The molecule has 2 aliphatic heterocycles. The largest absolute Gasteiger partial charge is 0.311 e. The van der Waals surface area contributed by atoms with Gasteiger partial charge < -0.3 is 14.4 Å². The molecule has 2 unspecified atom stereocenters. The molecule has 1 saturated carbocycles. The van der Waals surface area contributed by atoms with Crippen LogP contribution in [0.2, 0.25) is 0 Å². The molecule has 0 N–H and O–H groups in total. The van der Waals surface area contributed by atoms with Gasteiger partial charge in [0, 0.05) is 44.9 Å². The minimum atomic E-state index is -0.0976. The van der Waals surface area contributed by atoms with E-state index in [0.29, 0.717) is 11.8 Å². The number of allylic oxidation sites excluding steroid dienone is 4.